The number of thiazole rings is 1. The van der Waals surface area contributed by atoms with Crippen LogP contribution in [0.3, 0.4) is 0 Å². The fraction of sp³-hybridized carbons (Fsp3) is 0.118. The quantitative estimate of drug-likeness (QED) is 0.420. The third-order valence-electron chi connectivity index (χ3n) is 3.48. The summed E-state index contributed by atoms with van der Waals surface area (Å²) in [6, 6.07) is 10.2. The molecule has 0 radical (unpaired) electrons. The predicted octanol–water partition coefficient (Wildman–Crippen LogP) is 4.26. The highest BCUT2D eigenvalue weighted by Gasteiger charge is 2.14. The molecule has 0 bridgehead atoms. The van der Waals surface area contributed by atoms with Crippen LogP contribution in [0.25, 0.3) is 10.6 Å². The number of nitrogens with zero attached hydrogens (tertiary/aromatic N) is 4. The molecule has 1 N–H and O–H groups in total. The van der Waals surface area contributed by atoms with Gasteiger partial charge in [-0.05, 0) is 32.0 Å². The lowest BCUT2D eigenvalue weighted by Gasteiger charge is -2.03. The number of benzene rings is 1. The average Bonchev–Trinajstić information content (AvgIpc) is 3.02. The summed E-state index contributed by atoms with van der Waals surface area (Å²) < 4.78 is 0. The maximum Gasteiger partial charge on any atom is 0.294 e. The molecule has 25 heavy (non-hydrogen) atoms. The Kier molecular flexibility index (Phi) is 4.80. The Balaban J connectivity index is 1.87. The minimum atomic E-state index is -0.439. The van der Waals surface area contributed by atoms with Crippen LogP contribution >= 0.6 is 11.3 Å². The number of para-hydroxylation sites is 2. The van der Waals surface area contributed by atoms with E-state index in [1.165, 1.54) is 17.4 Å². The van der Waals surface area contributed by atoms with Crippen molar-refractivity contribution in [3.8, 4) is 10.6 Å². The van der Waals surface area contributed by atoms with Gasteiger partial charge in [-0.3, -0.25) is 20.5 Å². The van der Waals surface area contributed by atoms with E-state index in [9.17, 15) is 10.1 Å². The number of hydrogen-bond acceptors (Lipinski definition) is 7. The second-order valence-electron chi connectivity index (χ2n) is 5.26. The van der Waals surface area contributed by atoms with E-state index in [2.05, 4.69) is 20.5 Å². The normalized spacial score (nSPS) is 11.4. The molecule has 0 saturated carbocycles. The summed E-state index contributed by atoms with van der Waals surface area (Å²) in [6.45, 7) is 3.75. The number of pyridine rings is 1. The van der Waals surface area contributed by atoms with E-state index in [4.69, 9.17) is 0 Å². The fourth-order valence-electron chi connectivity index (χ4n) is 2.27. The summed E-state index contributed by atoms with van der Waals surface area (Å²) in [7, 11) is 0. The Bertz CT molecular complexity index is 937. The van der Waals surface area contributed by atoms with Crippen LogP contribution < -0.4 is 5.43 Å². The van der Waals surface area contributed by atoms with E-state index in [0.717, 1.165) is 21.1 Å². The highest BCUT2D eigenvalue weighted by Crippen LogP contribution is 2.28. The maximum atomic E-state index is 11.1. The Labute approximate surface area is 148 Å². The van der Waals surface area contributed by atoms with Crippen LogP contribution in [0.15, 0.2) is 53.9 Å². The maximum absolute atomic E-state index is 11.1. The van der Waals surface area contributed by atoms with Crippen LogP contribution in [0.4, 0.5) is 11.4 Å². The van der Waals surface area contributed by atoms with Crippen molar-refractivity contribution in [1.29, 1.82) is 0 Å². The van der Waals surface area contributed by atoms with Gasteiger partial charge in [-0.2, -0.15) is 5.10 Å². The summed E-state index contributed by atoms with van der Waals surface area (Å²) in [5.41, 5.74) is 5.63. The summed E-state index contributed by atoms with van der Waals surface area (Å²) in [6.07, 6.45) is 3.48. The van der Waals surface area contributed by atoms with E-state index in [-0.39, 0.29) is 5.69 Å². The summed E-state index contributed by atoms with van der Waals surface area (Å²) in [5, 5.41) is 16.2. The molecular weight excluding hydrogens is 338 g/mol. The van der Waals surface area contributed by atoms with Crippen LogP contribution in [0, 0.1) is 17.0 Å². The van der Waals surface area contributed by atoms with Gasteiger partial charge in [0, 0.05) is 24.0 Å². The van der Waals surface area contributed by atoms with Crippen LogP contribution in [-0.4, -0.2) is 20.6 Å². The second-order valence-corrected chi connectivity index (χ2v) is 6.26. The van der Waals surface area contributed by atoms with Gasteiger partial charge in [0.05, 0.1) is 21.2 Å². The third kappa shape index (κ3) is 3.69. The molecule has 0 amide bonds. The standard InChI is InChI=1S/C17H15N5O2S/c1-11-16(25-17(19-11)13-6-5-9-18-10-13)12(2)20-21-14-7-3-4-8-15(14)22(23)24/h3-10,21H,1-2H3/b20-12-. The van der Waals surface area contributed by atoms with E-state index in [1.807, 2.05) is 26.0 Å². The number of anilines is 1. The zero-order valence-electron chi connectivity index (χ0n) is 13.6. The lowest BCUT2D eigenvalue weighted by Crippen LogP contribution is -2.01. The van der Waals surface area contributed by atoms with Gasteiger partial charge in [0.2, 0.25) is 0 Å². The lowest BCUT2D eigenvalue weighted by atomic mass is 10.3. The minimum Gasteiger partial charge on any atom is -0.271 e. The summed E-state index contributed by atoms with van der Waals surface area (Å²) in [5.74, 6) is 0. The molecule has 0 atom stereocenters. The SMILES string of the molecule is C/C(=N/Nc1ccccc1[N+](=O)[O-])c1sc(-c2cccnc2)nc1C. The van der Waals surface area contributed by atoms with Crippen molar-refractivity contribution in [3.05, 3.63) is 69.5 Å². The molecule has 1 aromatic carbocycles. The van der Waals surface area contributed by atoms with Gasteiger partial charge in [0.25, 0.3) is 5.69 Å². The van der Waals surface area contributed by atoms with E-state index in [0.29, 0.717) is 11.4 Å². The first-order valence-corrected chi connectivity index (χ1v) is 8.30. The van der Waals surface area contributed by atoms with Gasteiger partial charge in [-0.15, -0.1) is 11.3 Å². The highest BCUT2D eigenvalue weighted by molar-refractivity contribution is 7.17. The van der Waals surface area contributed by atoms with Crippen LogP contribution in [0.5, 0.6) is 0 Å². The number of nitrogens with one attached hydrogen (secondary N) is 1. The molecule has 0 aliphatic rings. The number of hydrogen-bond donors (Lipinski definition) is 1. The molecule has 0 fully saturated rings. The second kappa shape index (κ2) is 7.18. The van der Waals surface area contributed by atoms with Crippen LogP contribution in [0.1, 0.15) is 17.5 Å². The fourth-order valence-corrected chi connectivity index (χ4v) is 3.27. The van der Waals surface area contributed by atoms with Crippen molar-refractivity contribution in [1.82, 2.24) is 9.97 Å². The highest BCUT2D eigenvalue weighted by atomic mass is 32.1. The number of rotatable bonds is 5. The molecule has 2 aromatic heterocycles. The number of nitro benzene ring substituents is 1. The first-order valence-electron chi connectivity index (χ1n) is 7.48. The first-order chi connectivity index (χ1) is 12.1. The molecule has 0 unspecified atom stereocenters. The Hall–Kier alpha value is -3.13. The average molecular weight is 353 g/mol. The Morgan fingerprint density at radius 2 is 2.08 bits per heavy atom. The molecule has 0 aliphatic heterocycles. The van der Waals surface area contributed by atoms with Crippen LogP contribution in [-0.2, 0) is 0 Å². The smallest absolute Gasteiger partial charge is 0.271 e. The molecule has 2 heterocycles. The number of hydrazone groups is 1. The van der Waals surface area contributed by atoms with E-state index >= 15 is 0 Å². The molecule has 7 nitrogen and oxygen atoms in total. The molecule has 0 aliphatic carbocycles. The zero-order chi connectivity index (χ0) is 17.8. The number of aromatic nitrogens is 2. The van der Waals surface area contributed by atoms with Gasteiger partial charge in [-0.1, -0.05) is 12.1 Å². The van der Waals surface area contributed by atoms with Gasteiger partial charge in [-0.25, -0.2) is 4.98 Å². The molecule has 0 saturated heterocycles. The van der Waals surface area contributed by atoms with Crippen molar-refractivity contribution >= 4 is 28.4 Å². The molecule has 126 valence electrons. The Morgan fingerprint density at radius 1 is 1.28 bits per heavy atom. The van der Waals surface area contributed by atoms with Gasteiger partial charge >= 0.3 is 0 Å². The number of aryl methyl sites for hydroxylation is 1. The van der Waals surface area contributed by atoms with Crippen molar-refractivity contribution in [2.24, 2.45) is 5.10 Å². The predicted molar refractivity (Wildman–Crippen MR) is 99.0 cm³/mol. The van der Waals surface area contributed by atoms with Crippen molar-refractivity contribution in [2.45, 2.75) is 13.8 Å². The molecular formula is C17H15N5O2S. The van der Waals surface area contributed by atoms with E-state index in [1.54, 1.807) is 30.6 Å². The monoisotopic (exact) mass is 353 g/mol. The van der Waals surface area contributed by atoms with Gasteiger partial charge in [0.1, 0.15) is 10.7 Å². The lowest BCUT2D eigenvalue weighted by molar-refractivity contribution is -0.384. The largest absolute Gasteiger partial charge is 0.294 e. The van der Waals surface area contributed by atoms with Gasteiger partial charge in [0.15, 0.2) is 0 Å². The van der Waals surface area contributed by atoms with E-state index < -0.39 is 4.92 Å². The van der Waals surface area contributed by atoms with Gasteiger partial charge < -0.3 is 0 Å². The van der Waals surface area contributed by atoms with Crippen molar-refractivity contribution in [3.63, 3.8) is 0 Å². The third-order valence-corrected chi connectivity index (χ3v) is 4.79. The summed E-state index contributed by atoms with van der Waals surface area (Å²) >= 11 is 1.51. The topological polar surface area (TPSA) is 93.3 Å². The van der Waals surface area contributed by atoms with Crippen molar-refractivity contribution in [2.75, 3.05) is 5.43 Å². The molecule has 3 aromatic rings. The van der Waals surface area contributed by atoms with Crippen molar-refractivity contribution < 1.29 is 4.92 Å². The number of nitro groups is 1. The molecule has 0 spiro atoms. The summed E-state index contributed by atoms with van der Waals surface area (Å²) in [4.78, 5) is 20.2. The molecule has 3 rings (SSSR count). The Morgan fingerprint density at radius 3 is 2.80 bits per heavy atom. The first kappa shape index (κ1) is 16.7. The van der Waals surface area contributed by atoms with Crippen LogP contribution in [0.2, 0.25) is 0 Å². The minimum absolute atomic E-state index is 0.0175. The molecule has 8 heteroatoms. The zero-order valence-corrected chi connectivity index (χ0v) is 14.4.